The zero-order valence-electron chi connectivity index (χ0n) is 9.56. The van der Waals surface area contributed by atoms with E-state index in [0.717, 1.165) is 12.1 Å². The number of aromatic nitrogens is 2. The summed E-state index contributed by atoms with van der Waals surface area (Å²) in [4.78, 5) is 23.3. The highest BCUT2D eigenvalue weighted by Gasteiger charge is 2.11. The van der Waals surface area contributed by atoms with Crippen LogP contribution in [0.1, 0.15) is 10.4 Å². The zero-order valence-corrected chi connectivity index (χ0v) is 9.56. The number of nitrogens with zero attached hydrogens (tertiary/aromatic N) is 2. The fourth-order valence-corrected chi connectivity index (χ4v) is 1.55. The molecule has 6 heteroatoms. The molecule has 0 saturated heterocycles. The molecule has 4 nitrogen and oxygen atoms in total. The molecule has 94 valence electrons. The third kappa shape index (κ3) is 2.22. The van der Waals surface area contributed by atoms with E-state index >= 15 is 0 Å². The molecule has 1 heterocycles. The summed E-state index contributed by atoms with van der Waals surface area (Å²) in [6.45, 7) is -0.204. The molecule has 2 rings (SSSR count). The van der Waals surface area contributed by atoms with Crippen LogP contribution in [0, 0.1) is 11.6 Å². The molecule has 18 heavy (non-hydrogen) atoms. The van der Waals surface area contributed by atoms with Gasteiger partial charge in [0.1, 0.15) is 0 Å². The highest BCUT2D eigenvalue weighted by Crippen LogP contribution is 2.09. The summed E-state index contributed by atoms with van der Waals surface area (Å²) in [5.74, 6) is -2.55. The van der Waals surface area contributed by atoms with E-state index < -0.39 is 17.4 Å². The first-order valence-electron chi connectivity index (χ1n) is 5.19. The highest BCUT2D eigenvalue weighted by molar-refractivity contribution is 5.95. The number of carbonyl (C=O) groups excluding carboxylic acids is 1. The van der Waals surface area contributed by atoms with Crippen LogP contribution in [-0.4, -0.2) is 14.9 Å². The number of halogens is 2. The molecule has 0 fully saturated rings. The molecule has 0 aliphatic carbocycles. The van der Waals surface area contributed by atoms with Gasteiger partial charge in [-0.3, -0.25) is 9.36 Å². The van der Waals surface area contributed by atoms with E-state index in [1.165, 1.54) is 27.6 Å². The zero-order chi connectivity index (χ0) is 13.3. The average Bonchev–Trinajstić information content (AvgIpc) is 2.64. The number of ketones is 1. The molecule has 1 aromatic heterocycles. The predicted molar refractivity (Wildman–Crippen MR) is 60.4 cm³/mol. The predicted octanol–water partition coefficient (Wildman–Crippen LogP) is 1.35. The van der Waals surface area contributed by atoms with Gasteiger partial charge in [0.15, 0.2) is 17.4 Å². The van der Waals surface area contributed by atoms with Crippen LogP contribution in [0.2, 0.25) is 0 Å². The van der Waals surface area contributed by atoms with Crippen LogP contribution < -0.4 is 5.69 Å². The van der Waals surface area contributed by atoms with Crippen molar-refractivity contribution >= 4 is 5.78 Å². The van der Waals surface area contributed by atoms with E-state index in [0.29, 0.717) is 0 Å². The van der Waals surface area contributed by atoms with Gasteiger partial charge in [-0.2, -0.15) is 0 Å². The minimum atomic E-state index is -1.08. The van der Waals surface area contributed by atoms with Crippen molar-refractivity contribution in [2.24, 2.45) is 7.05 Å². The third-order valence-corrected chi connectivity index (χ3v) is 2.57. The number of hydrogen-bond acceptors (Lipinski definition) is 2. The van der Waals surface area contributed by atoms with E-state index in [1.54, 1.807) is 7.05 Å². The van der Waals surface area contributed by atoms with Crippen molar-refractivity contribution in [3.63, 3.8) is 0 Å². The second-order valence-electron chi connectivity index (χ2n) is 3.87. The lowest BCUT2D eigenvalue weighted by Gasteiger charge is -2.02. The quantitative estimate of drug-likeness (QED) is 0.774. The lowest BCUT2D eigenvalue weighted by Crippen LogP contribution is -2.25. The van der Waals surface area contributed by atoms with Gasteiger partial charge in [-0.1, -0.05) is 0 Å². The van der Waals surface area contributed by atoms with Crippen molar-refractivity contribution in [1.29, 1.82) is 0 Å². The first-order valence-corrected chi connectivity index (χ1v) is 5.19. The number of hydrogen-bond donors (Lipinski definition) is 0. The summed E-state index contributed by atoms with van der Waals surface area (Å²) in [7, 11) is 1.56. The van der Waals surface area contributed by atoms with Gasteiger partial charge in [0.25, 0.3) is 0 Å². The summed E-state index contributed by atoms with van der Waals surface area (Å²) in [5, 5.41) is 0. The van der Waals surface area contributed by atoms with Gasteiger partial charge in [-0.15, -0.1) is 0 Å². The van der Waals surface area contributed by atoms with Gasteiger partial charge in [0, 0.05) is 25.0 Å². The van der Waals surface area contributed by atoms with Gasteiger partial charge in [-0.25, -0.2) is 13.6 Å². The lowest BCUT2D eigenvalue weighted by molar-refractivity contribution is 0.0970. The maximum Gasteiger partial charge on any atom is 0.328 e. The van der Waals surface area contributed by atoms with E-state index in [-0.39, 0.29) is 17.8 Å². The number of Topliss-reactive ketones (excluding diaryl/α,β-unsaturated/α-hetero) is 1. The van der Waals surface area contributed by atoms with Crippen LogP contribution in [0.4, 0.5) is 8.78 Å². The summed E-state index contributed by atoms with van der Waals surface area (Å²) >= 11 is 0. The molecule has 0 amide bonds. The van der Waals surface area contributed by atoms with Gasteiger partial charge >= 0.3 is 5.69 Å². The first-order chi connectivity index (χ1) is 8.49. The molecule has 0 N–H and O–H groups in total. The number of imidazole rings is 1. The smallest absolute Gasteiger partial charge is 0.302 e. The number of benzene rings is 1. The Balaban J connectivity index is 2.25. The highest BCUT2D eigenvalue weighted by atomic mass is 19.2. The van der Waals surface area contributed by atoms with Crippen LogP contribution in [-0.2, 0) is 13.6 Å². The molecular weight excluding hydrogens is 242 g/mol. The van der Waals surface area contributed by atoms with E-state index in [2.05, 4.69) is 0 Å². The van der Waals surface area contributed by atoms with Crippen molar-refractivity contribution in [3.8, 4) is 0 Å². The van der Waals surface area contributed by atoms with Gasteiger partial charge < -0.3 is 4.57 Å². The van der Waals surface area contributed by atoms with Crippen LogP contribution >= 0.6 is 0 Å². The maximum absolute atomic E-state index is 13.0. The lowest BCUT2D eigenvalue weighted by atomic mass is 10.1. The fourth-order valence-electron chi connectivity index (χ4n) is 1.55. The van der Waals surface area contributed by atoms with Crippen LogP contribution in [0.5, 0.6) is 0 Å². The number of carbonyl (C=O) groups is 1. The molecule has 2 aromatic rings. The molecule has 0 saturated carbocycles. The second-order valence-corrected chi connectivity index (χ2v) is 3.87. The maximum atomic E-state index is 13.0. The van der Waals surface area contributed by atoms with E-state index in [9.17, 15) is 18.4 Å². The van der Waals surface area contributed by atoms with Crippen molar-refractivity contribution < 1.29 is 13.6 Å². The molecule has 0 atom stereocenters. The van der Waals surface area contributed by atoms with Crippen LogP contribution in [0.3, 0.4) is 0 Å². The first kappa shape index (κ1) is 12.2. The Morgan fingerprint density at radius 1 is 1.22 bits per heavy atom. The monoisotopic (exact) mass is 252 g/mol. The average molecular weight is 252 g/mol. The minimum Gasteiger partial charge on any atom is -0.302 e. The topological polar surface area (TPSA) is 44.0 Å². The van der Waals surface area contributed by atoms with Gasteiger partial charge in [-0.05, 0) is 18.2 Å². The Kier molecular flexibility index (Phi) is 3.10. The molecule has 1 aromatic carbocycles. The Labute approximate surface area is 101 Å². The molecular formula is C12H10F2N2O2. The molecule has 0 bridgehead atoms. The molecule has 0 aliphatic heterocycles. The Morgan fingerprint density at radius 3 is 2.50 bits per heavy atom. The summed E-state index contributed by atoms with van der Waals surface area (Å²) < 4.78 is 28.2. The normalized spacial score (nSPS) is 10.6. The van der Waals surface area contributed by atoms with Crippen LogP contribution in [0.15, 0.2) is 35.4 Å². The fraction of sp³-hybridized carbons (Fsp3) is 0.167. The van der Waals surface area contributed by atoms with Gasteiger partial charge in [0.2, 0.25) is 0 Å². The van der Waals surface area contributed by atoms with Crippen LogP contribution in [0.25, 0.3) is 0 Å². The summed E-state index contributed by atoms with van der Waals surface area (Å²) in [5.41, 5.74) is -0.310. The Bertz CT molecular complexity index is 658. The number of rotatable bonds is 3. The van der Waals surface area contributed by atoms with Crippen molar-refractivity contribution in [3.05, 3.63) is 58.3 Å². The number of aryl methyl sites for hydroxylation is 1. The Hall–Kier alpha value is -2.24. The summed E-state index contributed by atoms with van der Waals surface area (Å²) in [6.07, 6.45) is 2.97. The molecule has 0 radical (unpaired) electrons. The summed E-state index contributed by atoms with van der Waals surface area (Å²) in [6, 6.07) is 2.90. The molecule has 0 spiro atoms. The van der Waals surface area contributed by atoms with Crippen molar-refractivity contribution in [1.82, 2.24) is 9.13 Å². The van der Waals surface area contributed by atoms with Crippen molar-refractivity contribution in [2.75, 3.05) is 0 Å². The largest absolute Gasteiger partial charge is 0.328 e. The minimum absolute atomic E-state index is 0.0321. The van der Waals surface area contributed by atoms with E-state index in [4.69, 9.17) is 0 Å². The van der Waals surface area contributed by atoms with Crippen molar-refractivity contribution in [2.45, 2.75) is 6.54 Å². The van der Waals surface area contributed by atoms with Gasteiger partial charge in [0.05, 0.1) is 6.54 Å². The third-order valence-electron chi connectivity index (χ3n) is 2.57. The standard InChI is InChI=1S/C12H10F2N2O2/c1-15-4-5-16(12(15)18)7-11(17)8-2-3-9(13)10(14)6-8/h2-6H,7H2,1H3. The molecule has 0 unspecified atom stereocenters. The Morgan fingerprint density at radius 2 is 1.94 bits per heavy atom. The van der Waals surface area contributed by atoms with E-state index in [1.807, 2.05) is 0 Å². The second kappa shape index (κ2) is 4.56. The molecule has 0 aliphatic rings. The SMILES string of the molecule is Cn1ccn(CC(=O)c2ccc(F)c(F)c2)c1=O.